The van der Waals surface area contributed by atoms with Crippen LogP contribution in [0.5, 0.6) is 0 Å². The van der Waals surface area contributed by atoms with E-state index in [1.807, 2.05) is 12.1 Å². The summed E-state index contributed by atoms with van der Waals surface area (Å²) in [5, 5.41) is 0. The van der Waals surface area contributed by atoms with Crippen LogP contribution in [0.15, 0.2) is 54.9 Å². The molecule has 108 valence electrons. The number of carbonyl (C=O) groups excluding carboxylic acids is 1. The highest BCUT2D eigenvalue weighted by Gasteiger charge is 2.04. The largest absolute Gasteiger partial charge is 0.342 e. The molecular weight excluding hydrogens is 267 g/mol. The summed E-state index contributed by atoms with van der Waals surface area (Å²) in [6, 6.07) is 10.00. The van der Waals surface area contributed by atoms with Gasteiger partial charge in [-0.3, -0.25) is 9.78 Å². The average molecular weight is 284 g/mol. The molecule has 1 aromatic heterocycles. The van der Waals surface area contributed by atoms with E-state index in [1.54, 1.807) is 42.6 Å². The van der Waals surface area contributed by atoms with Crippen LogP contribution in [-0.2, 0) is 11.2 Å². The minimum absolute atomic E-state index is 0.103. The van der Waals surface area contributed by atoms with Crippen molar-refractivity contribution in [2.24, 2.45) is 0 Å². The summed E-state index contributed by atoms with van der Waals surface area (Å²) in [7, 11) is 1.75. The number of hydrogen-bond donors (Lipinski definition) is 0. The molecule has 21 heavy (non-hydrogen) atoms. The first-order valence-electron chi connectivity index (χ1n) is 6.73. The molecule has 0 unspecified atom stereocenters. The zero-order valence-corrected chi connectivity index (χ0v) is 11.9. The lowest BCUT2D eigenvalue weighted by molar-refractivity contribution is -0.124. The molecule has 2 rings (SSSR count). The second kappa shape index (κ2) is 7.33. The second-order valence-electron chi connectivity index (χ2n) is 4.75. The lowest BCUT2D eigenvalue weighted by Crippen LogP contribution is -2.27. The Kier molecular flexibility index (Phi) is 5.21. The third-order valence-electron chi connectivity index (χ3n) is 3.13. The van der Waals surface area contributed by atoms with Gasteiger partial charge in [-0.25, -0.2) is 4.39 Å². The Morgan fingerprint density at radius 2 is 2.05 bits per heavy atom. The highest BCUT2D eigenvalue weighted by molar-refractivity contribution is 5.91. The standard InChI is InChI=1S/C17H17FN2O/c1-20(12-9-14-7-10-19-11-8-14)17(21)6-5-15-3-2-4-16(18)13-15/h2-8,10-11,13H,9,12H2,1H3/b6-5+. The summed E-state index contributed by atoms with van der Waals surface area (Å²) in [4.78, 5) is 17.5. The van der Waals surface area contributed by atoms with Gasteiger partial charge in [-0.15, -0.1) is 0 Å². The van der Waals surface area contributed by atoms with Crippen LogP contribution in [-0.4, -0.2) is 29.4 Å². The van der Waals surface area contributed by atoms with Crippen LogP contribution < -0.4 is 0 Å². The van der Waals surface area contributed by atoms with Crippen molar-refractivity contribution in [3.63, 3.8) is 0 Å². The Hall–Kier alpha value is -2.49. The lowest BCUT2D eigenvalue weighted by Gasteiger charge is -2.14. The van der Waals surface area contributed by atoms with Crippen LogP contribution in [0.3, 0.4) is 0 Å². The van der Waals surface area contributed by atoms with Gasteiger partial charge in [0.1, 0.15) is 5.82 Å². The molecule has 0 fully saturated rings. The molecule has 0 aliphatic rings. The molecule has 0 spiro atoms. The van der Waals surface area contributed by atoms with E-state index in [2.05, 4.69) is 4.98 Å². The van der Waals surface area contributed by atoms with E-state index in [9.17, 15) is 9.18 Å². The van der Waals surface area contributed by atoms with E-state index in [0.717, 1.165) is 12.0 Å². The second-order valence-corrected chi connectivity index (χ2v) is 4.75. The molecule has 4 heteroatoms. The third kappa shape index (κ3) is 4.84. The summed E-state index contributed by atoms with van der Waals surface area (Å²) < 4.78 is 13.0. The predicted molar refractivity (Wildman–Crippen MR) is 81.0 cm³/mol. The molecule has 0 aliphatic heterocycles. The molecule has 1 heterocycles. The molecular formula is C17H17FN2O. The Morgan fingerprint density at radius 3 is 2.76 bits per heavy atom. The van der Waals surface area contributed by atoms with Gasteiger partial charge in [0, 0.05) is 32.1 Å². The summed E-state index contributed by atoms with van der Waals surface area (Å²) in [6.45, 7) is 0.621. The maximum atomic E-state index is 13.0. The number of hydrogen-bond acceptors (Lipinski definition) is 2. The minimum Gasteiger partial charge on any atom is -0.342 e. The fourth-order valence-corrected chi connectivity index (χ4v) is 1.86. The molecule has 0 aliphatic carbocycles. The van der Waals surface area contributed by atoms with E-state index in [0.29, 0.717) is 12.1 Å². The van der Waals surface area contributed by atoms with Gasteiger partial charge < -0.3 is 4.90 Å². The van der Waals surface area contributed by atoms with Gasteiger partial charge in [-0.1, -0.05) is 12.1 Å². The molecule has 0 atom stereocenters. The number of amides is 1. The third-order valence-corrected chi connectivity index (χ3v) is 3.13. The van der Waals surface area contributed by atoms with Crippen LogP contribution in [0.25, 0.3) is 6.08 Å². The van der Waals surface area contributed by atoms with Crippen molar-refractivity contribution < 1.29 is 9.18 Å². The van der Waals surface area contributed by atoms with Crippen LogP contribution in [0.1, 0.15) is 11.1 Å². The van der Waals surface area contributed by atoms with Crippen LogP contribution in [0.4, 0.5) is 4.39 Å². The van der Waals surface area contributed by atoms with Gasteiger partial charge in [0.25, 0.3) is 0 Å². The molecule has 0 radical (unpaired) electrons. The summed E-state index contributed by atoms with van der Waals surface area (Å²) >= 11 is 0. The van der Waals surface area contributed by atoms with Crippen LogP contribution in [0, 0.1) is 5.82 Å². The predicted octanol–water partition coefficient (Wildman–Crippen LogP) is 2.94. The first kappa shape index (κ1) is 14.9. The van der Waals surface area contributed by atoms with Gasteiger partial charge in [-0.2, -0.15) is 0 Å². The van der Waals surface area contributed by atoms with Crippen molar-refractivity contribution >= 4 is 12.0 Å². The molecule has 0 bridgehead atoms. The Morgan fingerprint density at radius 1 is 1.29 bits per heavy atom. The molecule has 2 aromatic rings. The number of carbonyl (C=O) groups is 1. The van der Waals surface area contributed by atoms with Crippen molar-refractivity contribution in [1.82, 2.24) is 9.88 Å². The lowest BCUT2D eigenvalue weighted by atomic mass is 10.2. The van der Waals surface area contributed by atoms with E-state index >= 15 is 0 Å². The zero-order chi connectivity index (χ0) is 15.1. The number of nitrogens with zero attached hydrogens (tertiary/aromatic N) is 2. The van der Waals surface area contributed by atoms with Crippen LogP contribution in [0.2, 0.25) is 0 Å². The van der Waals surface area contributed by atoms with E-state index < -0.39 is 0 Å². The Bertz CT molecular complexity index is 626. The highest BCUT2D eigenvalue weighted by Crippen LogP contribution is 2.06. The van der Waals surface area contributed by atoms with Gasteiger partial charge in [0.15, 0.2) is 0 Å². The van der Waals surface area contributed by atoms with E-state index in [1.165, 1.54) is 18.2 Å². The molecule has 0 N–H and O–H groups in total. The topological polar surface area (TPSA) is 33.2 Å². The maximum absolute atomic E-state index is 13.0. The molecule has 1 aromatic carbocycles. The van der Waals surface area contributed by atoms with Crippen molar-refractivity contribution in [3.8, 4) is 0 Å². The number of rotatable bonds is 5. The van der Waals surface area contributed by atoms with Gasteiger partial charge >= 0.3 is 0 Å². The average Bonchev–Trinajstić information content (AvgIpc) is 2.51. The van der Waals surface area contributed by atoms with Crippen molar-refractivity contribution in [1.29, 1.82) is 0 Å². The number of halogens is 1. The maximum Gasteiger partial charge on any atom is 0.246 e. The Labute approximate surface area is 123 Å². The quantitative estimate of drug-likeness (QED) is 0.791. The molecule has 1 amide bonds. The summed E-state index contributed by atoms with van der Waals surface area (Å²) in [5.41, 5.74) is 1.81. The summed E-state index contributed by atoms with van der Waals surface area (Å²) in [5.74, 6) is -0.413. The minimum atomic E-state index is -0.310. The first-order valence-corrected chi connectivity index (χ1v) is 6.73. The molecule has 3 nitrogen and oxygen atoms in total. The number of benzene rings is 1. The fourth-order valence-electron chi connectivity index (χ4n) is 1.86. The summed E-state index contributed by atoms with van der Waals surface area (Å²) in [6.07, 6.45) is 7.33. The van der Waals surface area contributed by atoms with Crippen molar-refractivity contribution in [3.05, 3.63) is 71.8 Å². The van der Waals surface area contributed by atoms with Gasteiger partial charge in [0.2, 0.25) is 5.91 Å². The smallest absolute Gasteiger partial charge is 0.246 e. The fraction of sp³-hybridized carbons (Fsp3) is 0.176. The van der Waals surface area contributed by atoms with E-state index in [-0.39, 0.29) is 11.7 Å². The monoisotopic (exact) mass is 284 g/mol. The van der Waals surface area contributed by atoms with Crippen molar-refractivity contribution in [2.75, 3.05) is 13.6 Å². The number of aromatic nitrogens is 1. The number of pyridine rings is 1. The SMILES string of the molecule is CN(CCc1ccncc1)C(=O)/C=C/c1cccc(F)c1. The highest BCUT2D eigenvalue weighted by atomic mass is 19.1. The Balaban J connectivity index is 1.88. The van der Waals surface area contributed by atoms with E-state index in [4.69, 9.17) is 0 Å². The van der Waals surface area contributed by atoms with Gasteiger partial charge in [0.05, 0.1) is 0 Å². The van der Waals surface area contributed by atoms with Crippen LogP contribution >= 0.6 is 0 Å². The first-order chi connectivity index (χ1) is 10.1. The normalized spacial score (nSPS) is 10.8. The zero-order valence-electron chi connectivity index (χ0n) is 11.9. The van der Waals surface area contributed by atoms with Crippen molar-refractivity contribution in [2.45, 2.75) is 6.42 Å². The molecule has 0 saturated carbocycles. The molecule has 0 saturated heterocycles. The number of likely N-dealkylation sites (N-methyl/N-ethyl adjacent to an activating group) is 1. The van der Waals surface area contributed by atoms with Gasteiger partial charge in [-0.05, 0) is 47.9 Å².